The van der Waals surface area contributed by atoms with Crippen LogP contribution in [0.2, 0.25) is 0 Å². The largest absolute Gasteiger partial charge is 0.460 e. The van der Waals surface area contributed by atoms with Gasteiger partial charge in [0.1, 0.15) is 18.3 Å². The number of esters is 1. The van der Waals surface area contributed by atoms with Crippen molar-refractivity contribution in [2.24, 2.45) is 29.4 Å². The molecule has 2 amide bonds. The number of amides is 2. The average Bonchev–Trinajstić information content (AvgIpc) is 3.71. The second-order valence-corrected chi connectivity index (χ2v) is 13.1. The number of hydrogen-bond acceptors (Lipinski definition) is 7. The first-order valence-electron chi connectivity index (χ1n) is 17.1. The van der Waals surface area contributed by atoms with Gasteiger partial charge in [-0.05, 0) is 93.9 Å². The third kappa shape index (κ3) is 8.25. The van der Waals surface area contributed by atoms with E-state index in [4.69, 9.17) is 19.6 Å². The number of likely N-dealkylation sites (tertiary alicyclic amines) is 1. The maximum Gasteiger partial charge on any atom is 0.374 e. The molecular weight excluding hydrogens is 577 g/mol. The summed E-state index contributed by atoms with van der Waals surface area (Å²) in [6.07, 6.45) is 10.9. The lowest BCUT2D eigenvalue weighted by molar-refractivity contribution is -0.142. The van der Waals surface area contributed by atoms with Gasteiger partial charge in [-0.1, -0.05) is 32.1 Å². The highest BCUT2D eigenvalue weighted by Crippen LogP contribution is 2.41. The van der Waals surface area contributed by atoms with E-state index in [1.807, 2.05) is 11.8 Å². The average molecular weight is 628 g/mol. The van der Waals surface area contributed by atoms with Crippen LogP contribution in [0.15, 0.2) is 28.7 Å². The first kappa shape index (κ1) is 33.4. The van der Waals surface area contributed by atoms with Crippen LogP contribution in [0.4, 0.5) is 10.1 Å². The molecule has 10 heteroatoms. The Morgan fingerprint density at radius 3 is 2.51 bits per heavy atom. The summed E-state index contributed by atoms with van der Waals surface area (Å²) in [7, 11) is 0. The van der Waals surface area contributed by atoms with Crippen molar-refractivity contribution in [3.8, 4) is 0 Å². The lowest BCUT2D eigenvalue weighted by Gasteiger charge is -2.36. The van der Waals surface area contributed by atoms with Crippen molar-refractivity contribution in [1.82, 2.24) is 4.90 Å². The van der Waals surface area contributed by atoms with Crippen LogP contribution in [0.1, 0.15) is 94.5 Å². The van der Waals surface area contributed by atoms with Crippen molar-refractivity contribution >= 4 is 34.4 Å². The molecule has 0 spiro atoms. The molecule has 3 aliphatic rings. The van der Waals surface area contributed by atoms with Crippen LogP contribution in [-0.4, -0.2) is 67.8 Å². The van der Waals surface area contributed by atoms with E-state index >= 15 is 0 Å². The number of unbranched alkanes of at least 4 members (excludes halogenated alkanes) is 1. The number of halogens is 1. The van der Waals surface area contributed by atoms with Gasteiger partial charge in [0.15, 0.2) is 0 Å². The minimum absolute atomic E-state index is 0.0482. The topological polar surface area (TPSA) is 124 Å². The molecule has 3 N–H and O–H groups in total. The van der Waals surface area contributed by atoms with Crippen LogP contribution in [0, 0.1) is 23.7 Å². The molecular formula is C35H50FN3O6. The van der Waals surface area contributed by atoms with Gasteiger partial charge >= 0.3 is 5.97 Å². The molecule has 2 aliphatic carbocycles. The zero-order valence-electron chi connectivity index (χ0n) is 26.6. The number of rotatable bonds is 13. The van der Waals surface area contributed by atoms with E-state index in [1.165, 1.54) is 6.42 Å². The standard InChI is InChI=1S/C35H50FN3O6/c1-2-43-18-6-7-19-44-35(42)31-21-26-20-27(14-15-30(26)45-31)38-33(40)32-28(23-8-4-3-5-9-23)16-17-39(32)34(41)25-12-10-24(11-13-25)29(37)22-36/h14-15,20-21,23-25,28-29,32H,2-13,16-19,22,37H2,1H3,(H,38,40)/t24-,25-,28-,29+,32-/m0/s1. The predicted molar refractivity (Wildman–Crippen MR) is 170 cm³/mol. The molecule has 9 nitrogen and oxygen atoms in total. The molecule has 45 heavy (non-hydrogen) atoms. The zero-order valence-corrected chi connectivity index (χ0v) is 26.6. The summed E-state index contributed by atoms with van der Waals surface area (Å²) >= 11 is 0. The summed E-state index contributed by atoms with van der Waals surface area (Å²) in [5.41, 5.74) is 7.07. The van der Waals surface area contributed by atoms with Crippen LogP contribution in [-0.2, 0) is 19.1 Å². The third-order valence-electron chi connectivity index (χ3n) is 10.3. The Bertz CT molecular complexity index is 1290. The summed E-state index contributed by atoms with van der Waals surface area (Å²) in [6.45, 7) is 3.58. The summed E-state index contributed by atoms with van der Waals surface area (Å²) in [5, 5.41) is 3.78. The quantitative estimate of drug-likeness (QED) is 0.199. The Kier molecular flexibility index (Phi) is 11.9. The van der Waals surface area contributed by atoms with Gasteiger partial charge in [0.25, 0.3) is 0 Å². The molecule has 1 aliphatic heterocycles. The van der Waals surface area contributed by atoms with Gasteiger partial charge in [-0.3, -0.25) is 9.59 Å². The number of carbonyl (C=O) groups is 3. The van der Waals surface area contributed by atoms with Gasteiger partial charge in [0.05, 0.1) is 6.61 Å². The Labute approximate surface area is 265 Å². The fraction of sp³-hybridized carbons (Fsp3) is 0.686. The number of benzene rings is 1. The van der Waals surface area contributed by atoms with Crippen molar-refractivity contribution in [3.63, 3.8) is 0 Å². The highest BCUT2D eigenvalue weighted by molar-refractivity contribution is 6.00. The molecule has 0 radical (unpaired) electrons. The first-order valence-corrected chi connectivity index (χ1v) is 17.1. The molecule has 3 atom stereocenters. The van der Waals surface area contributed by atoms with E-state index < -0.39 is 24.7 Å². The number of nitrogens with one attached hydrogen (secondary N) is 1. The molecule has 248 valence electrons. The Balaban J connectivity index is 1.25. The summed E-state index contributed by atoms with van der Waals surface area (Å²) in [4.78, 5) is 42.3. The number of anilines is 1. The number of furan rings is 1. The maximum absolute atomic E-state index is 14.0. The SMILES string of the molecule is CCOCCCCOC(=O)c1cc2cc(NC(=O)[C@@H]3[C@H](C4CCCCC4)CCN3C(=O)[C@H]3CC[C@H]([C@H](N)CF)CC3)ccc2o1. The van der Waals surface area contributed by atoms with E-state index in [-0.39, 0.29) is 41.9 Å². The van der Waals surface area contributed by atoms with Gasteiger partial charge in [-0.2, -0.15) is 0 Å². The fourth-order valence-corrected chi connectivity index (χ4v) is 7.73. The van der Waals surface area contributed by atoms with E-state index in [1.54, 1.807) is 24.3 Å². The van der Waals surface area contributed by atoms with Crippen LogP contribution in [0.3, 0.4) is 0 Å². The number of nitrogens with two attached hydrogens (primary N) is 1. The summed E-state index contributed by atoms with van der Waals surface area (Å²) < 4.78 is 29.6. The lowest BCUT2D eigenvalue weighted by Crippen LogP contribution is -2.50. The predicted octanol–water partition coefficient (Wildman–Crippen LogP) is 6.25. The highest BCUT2D eigenvalue weighted by atomic mass is 19.1. The minimum Gasteiger partial charge on any atom is -0.460 e. The Hall–Kier alpha value is -2.98. The number of fused-ring (bicyclic) bond motifs is 1. The maximum atomic E-state index is 14.0. The lowest BCUT2D eigenvalue weighted by atomic mass is 9.76. The van der Waals surface area contributed by atoms with Crippen LogP contribution in [0.25, 0.3) is 11.0 Å². The summed E-state index contributed by atoms with van der Waals surface area (Å²) in [6, 6.07) is 5.93. The molecule has 2 heterocycles. The van der Waals surface area contributed by atoms with Gasteiger partial charge < -0.3 is 29.8 Å². The van der Waals surface area contributed by atoms with Crippen LogP contribution < -0.4 is 11.1 Å². The van der Waals surface area contributed by atoms with Crippen molar-refractivity contribution in [3.05, 3.63) is 30.0 Å². The number of alkyl halides is 1. The van der Waals surface area contributed by atoms with Gasteiger partial charge in [-0.15, -0.1) is 0 Å². The molecule has 2 aromatic rings. The van der Waals surface area contributed by atoms with Gasteiger partial charge in [0.2, 0.25) is 17.6 Å². The van der Waals surface area contributed by atoms with Crippen molar-refractivity contribution in [2.45, 2.75) is 96.1 Å². The summed E-state index contributed by atoms with van der Waals surface area (Å²) in [5.74, 6) is -0.0233. The fourth-order valence-electron chi connectivity index (χ4n) is 7.73. The second kappa shape index (κ2) is 16.0. The monoisotopic (exact) mass is 627 g/mol. The highest BCUT2D eigenvalue weighted by Gasteiger charge is 2.47. The molecule has 3 fully saturated rings. The van der Waals surface area contributed by atoms with E-state index in [9.17, 15) is 18.8 Å². The number of nitrogens with zero attached hydrogens (tertiary/aromatic N) is 1. The Morgan fingerprint density at radius 2 is 1.78 bits per heavy atom. The number of ether oxygens (including phenoxy) is 2. The van der Waals surface area contributed by atoms with E-state index in [2.05, 4.69) is 5.32 Å². The van der Waals surface area contributed by atoms with E-state index in [0.717, 1.165) is 51.4 Å². The van der Waals surface area contributed by atoms with Crippen LogP contribution in [0.5, 0.6) is 0 Å². The molecule has 5 rings (SSSR count). The van der Waals surface area contributed by atoms with Crippen molar-refractivity contribution in [1.29, 1.82) is 0 Å². The van der Waals surface area contributed by atoms with Gasteiger partial charge in [-0.25, -0.2) is 9.18 Å². The smallest absolute Gasteiger partial charge is 0.374 e. The van der Waals surface area contributed by atoms with Gasteiger partial charge in [0, 0.05) is 42.8 Å². The molecule has 1 aromatic heterocycles. The van der Waals surface area contributed by atoms with E-state index in [0.29, 0.717) is 61.6 Å². The number of hydrogen-bond donors (Lipinski definition) is 2. The molecule has 0 bridgehead atoms. The molecule has 1 aromatic carbocycles. The van der Waals surface area contributed by atoms with Crippen molar-refractivity contribution in [2.75, 3.05) is 38.4 Å². The Morgan fingerprint density at radius 1 is 1.02 bits per heavy atom. The second-order valence-electron chi connectivity index (χ2n) is 13.1. The first-order chi connectivity index (χ1) is 21.9. The van der Waals surface area contributed by atoms with Crippen LogP contribution >= 0.6 is 0 Å². The molecule has 0 unspecified atom stereocenters. The number of carbonyl (C=O) groups excluding carboxylic acids is 3. The molecule has 2 saturated carbocycles. The molecule has 1 saturated heterocycles. The zero-order chi connectivity index (χ0) is 31.8. The van der Waals surface area contributed by atoms with Crippen molar-refractivity contribution < 1.29 is 32.7 Å². The third-order valence-corrected chi connectivity index (χ3v) is 10.3. The normalized spacial score (nSPS) is 24.9. The minimum atomic E-state index is -0.536.